The van der Waals surface area contributed by atoms with Crippen molar-refractivity contribution in [2.45, 2.75) is 13.0 Å². The lowest BCUT2D eigenvalue weighted by Gasteiger charge is -2.09. The fourth-order valence-corrected chi connectivity index (χ4v) is 2.69. The molecule has 0 aliphatic carbocycles. The molecule has 8 heteroatoms. The molecule has 0 spiro atoms. The number of hydrogen-bond acceptors (Lipinski definition) is 5. The molecule has 29 heavy (non-hydrogen) atoms. The van der Waals surface area contributed by atoms with E-state index in [0.717, 1.165) is 17.8 Å². The lowest BCUT2D eigenvalue weighted by molar-refractivity contribution is -0.144. The average molecular weight is 418 g/mol. The minimum atomic E-state index is -0.627. The van der Waals surface area contributed by atoms with E-state index in [1.54, 1.807) is 0 Å². The first-order valence-electron chi connectivity index (χ1n) is 8.78. The highest BCUT2D eigenvalue weighted by Crippen LogP contribution is 2.16. The molecule has 0 radical (unpaired) electrons. The Morgan fingerprint density at radius 3 is 2.55 bits per heavy atom. The quantitative estimate of drug-likeness (QED) is 0.509. The average Bonchev–Trinajstić information content (AvgIpc) is 2.73. The second-order valence-corrected chi connectivity index (χ2v) is 6.37. The van der Waals surface area contributed by atoms with Crippen LogP contribution < -0.4 is 11.1 Å². The Morgan fingerprint density at radius 2 is 1.90 bits per heavy atom. The van der Waals surface area contributed by atoms with Crippen molar-refractivity contribution in [1.29, 1.82) is 0 Å². The van der Waals surface area contributed by atoms with Crippen molar-refractivity contribution in [3.63, 3.8) is 0 Å². The van der Waals surface area contributed by atoms with E-state index < -0.39 is 17.7 Å². The summed E-state index contributed by atoms with van der Waals surface area (Å²) < 4.78 is 19.1. The molecule has 0 saturated heterocycles. The summed E-state index contributed by atoms with van der Waals surface area (Å²) in [5.74, 6) is -1.61. The van der Waals surface area contributed by atoms with Crippen molar-refractivity contribution < 1.29 is 18.7 Å². The zero-order valence-electron chi connectivity index (χ0n) is 15.8. The van der Waals surface area contributed by atoms with Crippen LogP contribution in [0.1, 0.15) is 27.9 Å². The van der Waals surface area contributed by atoms with E-state index in [4.69, 9.17) is 22.1 Å². The van der Waals surface area contributed by atoms with Gasteiger partial charge in [-0.2, -0.15) is 0 Å². The highest BCUT2D eigenvalue weighted by atomic mass is 35.5. The lowest BCUT2D eigenvalue weighted by atomic mass is 10.1. The molecule has 2 rings (SSSR count). The zero-order chi connectivity index (χ0) is 21.2. The number of hydrogen-bond donors (Lipinski definition) is 2. The Kier molecular flexibility index (Phi) is 8.36. The van der Waals surface area contributed by atoms with E-state index in [2.05, 4.69) is 10.3 Å². The largest absolute Gasteiger partial charge is 0.461 e. The minimum absolute atomic E-state index is 0.00977. The van der Waals surface area contributed by atoms with E-state index in [9.17, 15) is 14.0 Å². The zero-order valence-corrected chi connectivity index (χ0v) is 16.6. The second-order valence-electron chi connectivity index (χ2n) is 5.97. The molecule has 152 valence electrons. The molecule has 0 aliphatic rings. The number of allylic oxidation sites excluding steroid dienone is 1. The molecule has 0 heterocycles. The first-order chi connectivity index (χ1) is 13.9. The van der Waals surface area contributed by atoms with Gasteiger partial charge in [0.1, 0.15) is 12.4 Å². The summed E-state index contributed by atoms with van der Waals surface area (Å²) >= 11 is 5.97. The number of carbonyl (C=O) groups excluding carboxylic acids is 2. The number of nitrogens with one attached hydrogen (secondary N) is 1. The molecule has 2 aromatic rings. The second kappa shape index (κ2) is 11.0. The summed E-state index contributed by atoms with van der Waals surface area (Å²) in [4.78, 5) is 28.1. The molecular formula is C21H21ClFN3O3. The lowest BCUT2D eigenvalue weighted by Crippen LogP contribution is -2.27. The number of amides is 1. The first-order valence-corrected chi connectivity index (χ1v) is 9.15. The standard InChI is InChI=1S/C21H21ClFN3O3/c1-25-20(18(22)12-24)15-9-16(11-17(23)10-15)21(28)26-8-7-19(27)29-13-14-5-3-2-4-6-14/h2-6,9-12H,7-8,13,24H2,1H3,(H,26,28). The maximum absolute atomic E-state index is 14.0. The number of nitrogens with two attached hydrogens (primary N) is 1. The number of nitrogens with zero attached hydrogens (tertiary/aromatic N) is 1. The van der Waals surface area contributed by atoms with Crippen molar-refractivity contribution >= 4 is 29.2 Å². The number of esters is 1. The third kappa shape index (κ3) is 6.73. The molecule has 1 amide bonds. The van der Waals surface area contributed by atoms with Gasteiger partial charge in [-0.05, 0) is 23.8 Å². The monoisotopic (exact) mass is 417 g/mol. The number of ether oxygens (including phenoxy) is 1. The van der Waals surface area contributed by atoms with Crippen LogP contribution in [0.4, 0.5) is 4.39 Å². The van der Waals surface area contributed by atoms with E-state index >= 15 is 0 Å². The van der Waals surface area contributed by atoms with Gasteiger partial charge in [0.2, 0.25) is 0 Å². The number of aliphatic imine (C=N–C) groups is 1. The Balaban J connectivity index is 1.92. The van der Waals surface area contributed by atoms with E-state index in [-0.39, 0.29) is 35.9 Å². The van der Waals surface area contributed by atoms with Gasteiger partial charge >= 0.3 is 5.97 Å². The van der Waals surface area contributed by atoms with Crippen LogP contribution in [-0.4, -0.2) is 31.2 Å². The normalized spacial score (nSPS) is 11.8. The Morgan fingerprint density at radius 1 is 1.21 bits per heavy atom. The van der Waals surface area contributed by atoms with Crippen LogP contribution >= 0.6 is 11.6 Å². The molecule has 6 nitrogen and oxygen atoms in total. The van der Waals surface area contributed by atoms with Gasteiger partial charge in [0.05, 0.1) is 17.2 Å². The SMILES string of the molecule is CN=C(C(Cl)=CN)c1cc(F)cc(C(=O)NCCC(=O)OCc2ccccc2)c1. The third-order valence-electron chi connectivity index (χ3n) is 3.89. The van der Waals surface area contributed by atoms with Crippen molar-refractivity contribution in [2.75, 3.05) is 13.6 Å². The van der Waals surface area contributed by atoms with Crippen LogP contribution in [-0.2, 0) is 16.1 Å². The van der Waals surface area contributed by atoms with Gasteiger partial charge < -0.3 is 15.8 Å². The third-order valence-corrected chi connectivity index (χ3v) is 4.19. The molecule has 0 fully saturated rings. The molecule has 0 bridgehead atoms. The number of halogens is 2. The van der Waals surface area contributed by atoms with Crippen LogP contribution in [0.5, 0.6) is 0 Å². The van der Waals surface area contributed by atoms with Gasteiger partial charge in [-0.1, -0.05) is 41.9 Å². The van der Waals surface area contributed by atoms with Gasteiger partial charge in [-0.3, -0.25) is 14.6 Å². The van der Waals surface area contributed by atoms with Gasteiger partial charge in [-0.25, -0.2) is 4.39 Å². The van der Waals surface area contributed by atoms with Gasteiger partial charge in [0, 0.05) is 30.9 Å². The fourth-order valence-electron chi connectivity index (χ4n) is 2.50. The maximum atomic E-state index is 14.0. The summed E-state index contributed by atoms with van der Waals surface area (Å²) in [6, 6.07) is 13.0. The number of benzene rings is 2. The Hall–Kier alpha value is -3.19. The van der Waals surface area contributed by atoms with Gasteiger partial charge in [0.15, 0.2) is 0 Å². The summed E-state index contributed by atoms with van der Waals surface area (Å²) in [7, 11) is 1.48. The van der Waals surface area contributed by atoms with Crippen molar-refractivity contribution in [3.8, 4) is 0 Å². The fraction of sp³-hybridized carbons (Fsp3) is 0.190. The molecule has 0 atom stereocenters. The minimum Gasteiger partial charge on any atom is -0.461 e. The molecule has 3 N–H and O–H groups in total. The van der Waals surface area contributed by atoms with Crippen LogP contribution in [0.3, 0.4) is 0 Å². The van der Waals surface area contributed by atoms with E-state index in [0.29, 0.717) is 5.56 Å². The first kappa shape index (κ1) is 22.1. The summed E-state index contributed by atoms with van der Waals surface area (Å²) in [5.41, 5.74) is 6.90. The van der Waals surface area contributed by atoms with Crippen molar-refractivity contribution in [1.82, 2.24) is 5.32 Å². The summed E-state index contributed by atoms with van der Waals surface area (Å²) in [5, 5.41) is 2.69. The molecule has 2 aromatic carbocycles. The smallest absolute Gasteiger partial charge is 0.307 e. The van der Waals surface area contributed by atoms with E-state index in [1.807, 2.05) is 30.3 Å². The maximum Gasteiger partial charge on any atom is 0.307 e. The number of carbonyl (C=O) groups is 2. The molecule has 0 aromatic heterocycles. The molecule has 0 unspecified atom stereocenters. The predicted octanol–water partition coefficient (Wildman–Crippen LogP) is 3.15. The van der Waals surface area contributed by atoms with Crippen molar-refractivity contribution in [2.24, 2.45) is 10.7 Å². The van der Waals surface area contributed by atoms with Gasteiger partial charge in [-0.15, -0.1) is 0 Å². The Bertz CT molecular complexity index is 930. The van der Waals surface area contributed by atoms with Gasteiger partial charge in [0.25, 0.3) is 5.91 Å². The molecular weight excluding hydrogens is 397 g/mol. The summed E-state index contributed by atoms with van der Waals surface area (Å²) in [6.45, 7) is 0.214. The number of rotatable bonds is 8. The van der Waals surface area contributed by atoms with E-state index in [1.165, 1.54) is 19.2 Å². The topological polar surface area (TPSA) is 93.8 Å². The van der Waals surface area contributed by atoms with Crippen LogP contribution in [0, 0.1) is 5.82 Å². The molecule has 0 aliphatic heterocycles. The molecule has 0 saturated carbocycles. The van der Waals surface area contributed by atoms with Crippen LogP contribution in [0.25, 0.3) is 0 Å². The highest BCUT2D eigenvalue weighted by molar-refractivity contribution is 6.46. The van der Waals surface area contributed by atoms with Crippen LogP contribution in [0.2, 0.25) is 0 Å². The highest BCUT2D eigenvalue weighted by Gasteiger charge is 2.14. The van der Waals surface area contributed by atoms with Crippen LogP contribution in [0.15, 0.2) is 64.8 Å². The Labute approximate surface area is 173 Å². The summed E-state index contributed by atoms with van der Waals surface area (Å²) in [6.07, 6.45) is 1.12. The van der Waals surface area contributed by atoms with Crippen molar-refractivity contribution in [3.05, 3.63) is 82.3 Å². The predicted molar refractivity (Wildman–Crippen MR) is 110 cm³/mol.